The fourth-order valence-corrected chi connectivity index (χ4v) is 4.74. The Balaban J connectivity index is 1.47. The van der Waals surface area contributed by atoms with Gasteiger partial charge in [0.1, 0.15) is 4.88 Å². The molecule has 4 rings (SSSR count). The quantitative estimate of drug-likeness (QED) is 0.600. The van der Waals surface area contributed by atoms with E-state index in [9.17, 15) is 9.59 Å². The van der Waals surface area contributed by atoms with Crippen LogP contribution in [0, 0.1) is 0 Å². The highest BCUT2D eigenvalue weighted by Crippen LogP contribution is 2.35. The number of hydrogen-bond donors (Lipinski definition) is 0. The van der Waals surface area contributed by atoms with Gasteiger partial charge in [-0.3, -0.25) is 4.79 Å². The first-order valence-electron chi connectivity index (χ1n) is 8.78. The molecule has 0 N–H and O–H groups in total. The number of benzene rings is 2. The second-order valence-electron chi connectivity index (χ2n) is 6.57. The zero-order chi connectivity index (χ0) is 19.0. The summed E-state index contributed by atoms with van der Waals surface area (Å²) in [5.41, 5.74) is 2.41. The van der Waals surface area contributed by atoms with Crippen LogP contribution in [0.5, 0.6) is 0 Å². The molecule has 0 fully saturated rings. The van der Waals surface area contributed by atoms with Crippen molar-refractivity contribution in [1.29, 1.82) is 0 Å². The number of carbonyl (C=O) groups is 2. The van der Waals surface area contributed by atoms with E-state index in [1.807, 2.05) is 42.5 Å². The molecule has 2 heterocycles. The standard InChI is InChI=1S/C21H18ClNO3S/c1-13(20(24)23-11-10-14-6-2-3-7-15(14)12-23)26-21(25)19-18(22)16-8-4-5-9-17(16)27-19/h2-9,13H,10-12H2,1H3. The lowest BCUT2D eigenvalue weighted by Crippen LogP contribution is -2.42. The number of thiophene rings is 1. The van der Waals surface area contributed by atoms with Crippen LogP contribution in [0.15, 0.2) is 48.5 Å². The molecular weight excluding hydrogens is 382 g/mol. The summed E-state index contributed by atoms with van der Waals surface area (Å²) in [4.78, 5) is 27.4. The molecule has 1 unspecified atom stereocenters. The van der Waals surface area contributed by atoms with Crippen LogP contribution in [0.3, 0.4) is 0 Å². The molecular formula is C21H18ClNO3S. The third-order valence-electron chi connectivity index (χ3n) is 4.79. The average molecular weight is 400 g/mol. The zero-order valence-electron chi connectivity index (χ0n) is 14.8. The molecule has 0 saturated heterocycles. The van der Waals surface area contributed by atoms with Crippen LogP contribution in [0.4, 0.5) is 0 Å². The van der Waals surface area contributed by atoms with Gasteiger partial charge in [-0.15, -0.1) is 11.3 Å². The van der Waals surface area contributed by atoms with Crippen molar-refractivity contribution < 1.29 is 14.3 Å². The minimum Gasteiger partial charge on any atom is -0.448 e. The van der Waals surface area contributed by atoms with Gasteiger partial charge in [-0.2, -0.15) is 0 Å². The fourth-order valence-electron chi connectivity index (χ4n) is 3.35. The smallest absolute Gasteiger partial charge is 0.350 e. The summed E-state index contributed by atoms with van der Waals surface area (Å²) >= 11 is 7.61. The van der Waals surface area contributed by atoms with E-state index in [0.29, 0.717) is 23.0 Å². The van der Waals surface area contributed by atoms with Gasteiger partial charge in [-0.05, 0) is 30.5 Å². The Bertz CT molecular complexity index is 1030. The number of esters is 1. The van der Waals surface area contributed by atoms with Gasteiger partial charge >= 0.3 is 5.97 Å². The van der Waals surface area contributed by atoms with Crippen molar-refractivity contribution >= 4 is 44.9 Å². The minimum absolute atomic E-state index is 0.185. The van der Waals surface area contributed by atoms with Crippen LogP contribution in [0.2, 0.25) is 5.02 Å². The van der Waals surface area contributed by atoms with Gasteiger partial charge in [0.05, 0.1) is 5.02 Å². The molecule has 0 spiro atoms. The number of nitrogens with zero attached hydrogens (tertiary/aromatic N) is 1. The SMILES string of the molecule is CC(OC(=O)c1sc2ccccc2c1Cl)C(=O)N1CCc2ccccc2C1. The lowest BCUT2D eigenvalue weighted by molar-refractivity contribution is -0.140. The Morgan fingerprint density at radius 1 is 1.11 bits per heavy atom. The van der Waals surface area contributed by atoms with Crippen molar-refractivity contribution in [2.24, 2.45) is 0 Å². The zero-order valence-corrected chi connectivity index (χ0v) is 16.3. The number of halogens is 1. The molecule has 2 aromatic carbocycles. The Kier molecular flexibility index (Phi) is 4.89. The van der Waals surface area contributed by atoms with E-state index < -0.39 is 12.1 Å². The van der Waals surface area contributed by atoms with Gasteiger partial charge in [0.15, 0.2) is 6.10 Å². The van der Waals surface area contributed by atoms with E-state index in [-0.39, 0.29) is 5.91 Å². The third kappa shape index (κ3) is 3.45. The molecule has 0 aliphatic carbocycles. The number of ether oxygens (including phenoxy) is 1. The van der Waals surface area contributed by atoms with E-state index >= 15 is 0 Å². The monoisotopic (exact) mass is 399 g/mol. The normalized spacial score (nSPS) is 14.7. The first-order valence-corrected chi connectivity index (χ1v) is 9.97. The van der Waals surface area contributed by atoms with E-state index in [1.54, 1.807) is 11.8 Å². The van der Waals surface area contributed by atoms with Crippen molar-refractivity contribution in [2.45, 2.75) is 26.0 Å². The highest BCUT2D eigenvalue weighted by Gasteiger charge is 2.28. The molecule has 0 saturated carbocycles. The molecule has 1 atom stereocenters. The maximum Gasteiger partial charge on any atom is 0.350 e. The average Bonchev–Trinajstić information content (AvgIpc) is 3.04. The van der Waals surface area contributed by atoms with Gasteiger partial charge in [-0.1, -0.05) is 54.1 Å². The minimum atomic E-state index is -0.857. The van der Waals surface area contributed by atoms with Crippen molar-refractivity contribution in [2.75, 3.05) is 6.54 Å². The second-order valence-corrected chi connectivity index (χ2v) is 8.00. The first-order chi connectivity index (χ1) is 13.0. The Hall–Kier alpha value is -2.37. The van der Waals surface area contributed by atoms with Crippen LogP contribution in [0.25, 0.3) is 10.1 Å². The van der Waals surface area contributed by atoms with E-state index in [4.69, 9.17) is 16.3 Å². The third-order valence-corrected chi connectivity index (χ3v) is 6.45. The molecule has 138 valence electrons. The summed E-state index contributed by atoms with van der Waals surface area (Å²) < 4.78 is 6.36. The Morgan fingerprint density at radius 3 is 2.59 bits per heavy atom. The topological polar surface area (TPSA) is 46.6 Å². The number of rotatable bonds is 3. The van der Waals surface area contributed by atoms with Crippen molar-refractivity contribution in [3.8, 4) is 0 Å². The van der Waals surface area contributed by atoms with Crippen LogP contribution < -0.4 is 0 Å². The Labute approximate surface area is 166 Å². The van der Waals surface area contributed by atoms with Gasteiger partial charge in [0.2, 0.25) is 0 Å². The molecule has 4 nitrogen and oxygen atoms in total. The summed E-state index contributed by atoms with van der Waals surface area (Å²) in [6.45, 7) is 2.78. The van der Waals surface area contributed by atoms with Crippen molar-refractivity contribution in [3.05, 3.63) is 69.6 Å². The number of fused-ring (bicyclic) bond motifs is 2. The van der Waals surface area contributed by atoms with E-state index in [1.165, 1.54) is 16.9 Å². The van der Waals surface area contributed by atoms with Gasteiger partial charge in [0.25, 0.3) is 5.91 Å². The van der Waals surface area contributed by atoms with Crippen LogP contribution in [0.1, 0.15) is 27.7 Å². The highest BCUT2D eigenvalue weighted by atomic mass is 35.5. The summed E-state index contributed by atoms with van der Waals surface area (Å²) in [5.74, 6) is -0.741. The summed E-state index contributed by atoms with van der Waals surface area (Å²) in [7, 11) is 0. The lowest BCUT2D eigenvalue weighted by Gasteiger charge is -2.30. The summed E-state index contributed by atoms with van der Waals surface area (Å²) in [6, 6.07) is 15.6. The molecule has 6 heteroatoms. The molecule has 0 bridgehead atoms. The molecule has 1 amide bonds. The van der Waals surface area contributed by atoms with Crippen LogP contribution in [-0.4, -0.2) is 29.4 Å². The second kappa shape index (κ2) is 7.33. The molecule has 0 radical (unpaired) electrons. The van der Waals surface area contributed by atoms with E-state index in [0.717, 1.165) is 22.1 Å². The van der Waals surface area contributed by atoms with Crippen LogP contribution >= 0.6 is 22.9 Å². The maximum atomic E-state index is 12.8. The van der Waals surface area contributed by atoms with E-state index in [2.05, 4.69) is 6.07 Å². The lowest BCUT2D eigenvalue weighted by atomic mass is 9.99. The van der Waals surface area contributed by atoms with Crippen molar-refractivity contribution in [1.82, 2.24) is 4.90 Å². The Morgan fingerprint density at radius 2 is 1.81 bits per heavy atom. The number of hydrogen-bond acceptors (Lipinski definition) is 4. The predicted octanol–water partition coefficient (Wildman–Crippen LogP) is 4.68. The number of carbonyl (C=O) groups excluding carboxylic acids is 2. The summed E-state index contributed by atoms with van der Waals surface area (Å²) in [6.07, 6.45) is -0.0471. The largest absolute Gasteiger partial charge is 0.448 e. The maximum absolute atomic E-state index is 12.8. The van der Waals surface area contributed by atoms with Crippen molar-refractivity contribution in [3.63, 3.8) is 0 Å². The highest BCUT2D eigenvalue weighted by molar-refractivity contribution is 7.21. The number of amides is 1. The van der Waals surface area contributed by atoms with Crippen LogP contribution in [-0.2, 0) is 22.5 Å². The predicted molar refractivity (Wildman–Crippen MR) is 107 cm³/mol. The molecule has 1 aromatic heterocycles. The summed E-state index contributed by atoms with van der Waals surface area (Å²) in [5, 5.41) is 1.20. The van der Waals surface area contributed by atoms with Gasteiger partial charge in [-0.25, -0.2) is 4.79 Å². The fraction of sp³-hybridized carbons (Fsp3) is 0.238. The molecule has 1 aliphatic heterocycles. The van der Waals surface area contributed by atoms with Gasteiger partial charge < -0.3 is 9.64 Å². The van der Waals surface area contributed by atoms with Gasteiger partial charge in [0, 0.05) is 23.2 Å². The molecule has 1 aliphatic rings. The molecule has 27 heavy (non-hydrogen) atoms. The molecule has 3 aromatic rings. The first kappa shape index (κ1) is 18.0.